The number of ketones is 1. The normalized spacial score (nSPS) is 25.0. The van der Waals surface area contributed by atoms with Crippen LogP contribution in [0.15, 0.2) is 54.1 Å². The van der Waals surface area contributed by atoms with Crippen molar-refractivity contribution >= 4 is 82.1 Å². The van der Waals surface area contributed by atoms with Crippen LogP contribution in [0.25, 0.3) is 5.69 Å². The molecule has 1 aromatic heterocycles. The molecule has 8 rings (SSSR count). The van der Waals surface area contributed by atoms with Gasteiger partial charge in [0, 0.05) is 90.5 Å². The number of primary amides is 1. The number of aryl methyl sites for hydroxylation is 1. The number of alkyl carbamates (subject to hydrolysis) is 1. The number of aromatic nitrogens is 2. The van der Waals surface area contributed by atoms with E-state index < -0.39 is 89.2 Å². The summed E-state index contributed by atoms with van der Waals surface area (Å²) in [4.78, 5) is 111. The number of hydrogen-bond donors (Lipinski definition) is 4. The maximum absolute atomic E-state index is 14.4. The van der Waals surface area contributed by atoms with Crippen LogP contribution in [-0.2, 0) is 79.4 Å². The summed E-state index contributed by atoms with van der Waals surface area (Å²) in [5.41, 5.74) is 8.20. The van der Waals surface area contributed by atoms with Crippen molar-refractivity contribution in [2.24, 2.45) is 17.1 Å². The number of benzene rings is 2. The maximum atomic E-state index is 14.4. The first-order valence-corrected chi connectivity index (χ1v) is 35.0. The summed E-state index contributed by atoms with van der Waals surface area (Å²) in [6.45, 7) is 17.2. The summed E-state index contributed by atoms with van der Waals surface area (Å²) < 4.78 is 59.6. The Balaban J connectivity index is 0.689. The SMILES string of the molecule is COc1cc2cc(c1Cl)N(C)C(=O)C[C@@H](OC(=O)[C@@H](C)N(C)C(=O)CCSC1CC(=O)N(CCCOCCOCCOCCOCCOCCCNc3cc(-n4nc(C)c5c4CC(C)(C)CC5=O)ccc3C(N)=O)C1=O)C1(C)O[C@@H]1[C@@H](C)[C@H]1C[C@](O)(NC(=O)O1)[C@@H](OC)/C=C/C=C(\C)C2. The van der Waals surface area contributed by atoms with E-state index in [1.165, 1.54) is 54.7 Å². The van der Waals surface area contributed by atoms with Gasteiger partial charge in [0.25, 0.3) is 5.91 Å². The number of ether oxygens (including phenoxy) is 10. The van der Waals surface area contributed by atoms with Gasteiger partial charge >= 0.3 is 12.1 Å². The maximum Gasteiger partial charge on any atom is 0.409 e. The fourth-order valence-electron chi connectivity index (χ4n) is 12.8. The first-order valence-electron chi connectivity index (χ1n) is 33.6. The minimum atomic E-state index is -1.89. The first-order chi connectivity index (χ1) is 47.1. The predicted octanol–water partition coefficient (Wildman–Crippen LogP) is 6.49. The molecule has 4 aliphatic heterocycles. The number of methoxy groups -OCH3 is 2. The fraction of sp³-hybridized carbons (Fsp3) is 0.614. The van der Waals surface area contributed by atoms with Gasteiger partial charge in [0.1, 0.15) is 40.7 Å². The molecule has 4 bridgehead atoms. The third-order valence-corrected chi connectivity index (χ3v) is 20.1. The number of aliphatic hydroxyl groups is 1. The van der Waals surface area contributed by atoms with Crippen molar-refractivity contribution in [3.8, 4) is 11.4 Å². The largest absolute Gasteiger partial charge is 0.495 e. The van der Waals surface area contributed by atoms with Crippen molar-refractivity contribution < 1.29 is 90.8 Å². The number of rotatable bonds is 32. The second-order valence-electron chi connectivity index (χ2n) is 26.7. The van der Waals surface area contributed by atoms with E-state index in [1.807, 2.05) is 26.0 Å². The van der Waals surface area contributed by atoms with E-state index in [1.54, 1.807) is 62.0 Å². The Bertz CT molecular complexity index is 3480. The number of imide groups is 1. The minimum Gasteiger partial charge on any atom is -0.495 e. The van der Waals surface area contributed by atoms with Crippen LogP contribution in [0, 0.1) is 18.3 Å². The molecule has 29 heteroatoms. The summed E-state index contributed by atoms with van der Waals surface area (Å²) in [5, 5.41) is 21.9. The molecule has 3 fully saturated rings. The van der Waals surface area contributed by atoms with Crippen molar-refractivity contribution in [2.45, 2.75) is 153 Å². The summed E-state index contributed by atoms with van der Waals surface area (Å²) in [7, 11) is 5.88. The molecule has 2 unspecified atom stereocenters. The predicted molar refractivity (Wildman–Crippen MR) is 368 cm³/mol. The highest BCUT2D eigenvalue weighted by Crippen LogP contribution is 2.49. The van der Waals surface area contributed by atoms with Crippen LogP contribution in [0.3, 0.4) is 0 Å². The zero-order chi connectivity index (χ0) is 71.9. The van der Waals surface area contributed by atoms with Crippen LogP contribution >= 0.6 is 23.4 Å². The summed E-state index contributed by atoms with van der Waals surface area (Å²) >= 11 is 8.03. The molecule has 2 aromatic carbocycles. The number of nitrogens with one attached hydrogen (secondary N) is 2. The number of carbonyl (C=O) groups excluding carboxylic acids is 8. The number of allylic oxidation sites excluding steroid dienone is 3. The molecule has 27 nitrogen and oxygen atoms in total. The number of epoxide rings is 1. The summed E-state index contributed by atoms with van der Waals surface area (Å²) in [6, 6.07) is 7.69. The number of nitrogens with two attached hydrogens (primary N) is 1. The van der Waals surface area contributed by atoms with Crippen LogP contribution in [0.2, 0.25) is 5.02 Å². The number of anilines is 2. The van der Waals surface area contributed by atoms with Gasteiger partial charge in [-0.3, -0.25) is 39.0 Å². The first kappa shape index (κ1) is 77.7. The lowest BCUT2D eigenvalue weighted by Gasteiger charge is -2.42. The zero-order valence-corrected chi connectivity index (χ0v) is 60.2. The number of carbonyl (C=O) groups is 8. The monoisotopic (exact) mass is 1420 g/mol. The van der Waals surface area contributed by atoms with E-state index in [0.717, 1.165) is 22.5 Å². The van der Waals surface area contributed by atoms with Crippen LogP contribution in [0.1, 0.15) is 124 Å². The van der Waals surface area contributed by atoms with Crippen LogP contribution < -0.4 is 26.0 Å². The highest BCUT2D eigenvalue weighted by atomic mass is 35.5. The Morgan fingerprint density at radius 1 is 0.909 bits per heavy atom. The van der Waals surface area contributed by atoms with Crippen molar-refractivity contribution in [1.29, 1.82) is 0 Å². The topological polar surface area (TPSA) is 330 Å². The van der Waals surface area contributed by atoms with E-state index in [0.29, 0.717) is 139 Å². The van der Waals surface area contributed by atoms with Crippen LogP contribution in [0.5, 0.6) is 5.75 Å². The highest BCUT2D eigenvalue weighted by Gasteiger charge is 2.64. The smallest absolute Gasteiger partial charge is 0.409 e. The lowest BCUT2D eigenvalue weighted by molar-refractivity contribution is -0.162. The molecule has 6 amide bonds. The number of thioether (sulfide) groups is 1. The number of hydrogen-bond acceptors (Lipinski definition) is 22. The molecule has 5 N–H and O–H groups in total. The average Bonchev–Trinajstić information content (AvgIpc) is 1.58. The van der Waals surface area contributed by atoms with Crippen molar-refractivity contribution in [2.75, 3.05) is 123 Å². The number of fused-ring (bicyclic) bond motifs is 6. The molecular formula is C70H97ClN8O19S. The van der Waals surface area contributed by atoms with Gasteiger partial charge in [-0.15, -0.1) is 11.8 Å². The van der Waals surface area contributed by atoms with Gasteiger partial charge in [0.15, 0.2) is 11.5 Å². The van der Waals surface area contributed by atoms with Gasteiger partial charge in [0.2, 0.25) is 23.6 Å². The van der Waals surface area contributed by atoms with E-state index >= 15 is 0 Å². The molecule has 3 saturated heterocycles. The number of halogens is 1. The zero-order valence-electron chi connectivity index (χ0n) is 58.6. The van der Waals surface area contributed by atoms with E-state index in [4.69, 9.17) is 69.8 Å². The van der Waals surface area contributed by atoms with Gasteiger partial charge in [-0.2, -0.15) is 5.10 Å². The standard InChI is InChI=1S/C70H97ClN8O19S/c1-42-15-12-16-56(90-11)70(88)41-54(96-67(87)74-70)43(2)63-69(7,98-63)57(38-59(82)77(9)50-34-46(33-42)35-53(89-10)62(50)71)97-66(86)45(4)76(8)58(81)19-32-99-55-37-60(83)78(65(55)85)21-14-23-92-25-27-94-29-31-95-30-28-93-26-24-91-22-13-20-73-49-36-47(17-18-48(49)64(72)84)79-51-39-68(5,6)40-52(80)61(51)44(3)75-79/h12,15-18,34-36,43,45,54-57,63,73,88H,13-14,19-33,37-41H2,1-11H3,(H2,72,84)(H,74,87)/b16-12+,42-15+/t43-,45+,54+,55?,56-,57+,63+,69?,70+/m0/s1. The van der Waals surface area contributed by atoms with Crippen molar-refractivity contribution in [3.63, 3.8) is 0 Å². The second-order valence-corrected chi connectivity index (χ2v) is 28.3. The van der Waals surface area contributed by atoms with Crippen LogP contribution in [0.4, 0.5) is 16.2 Å². The lowest BCUT2D eigenvalue weighted by Crippen LogP contribution is -2.63. The molecule has 544 valence electrons. The van der Waals surface area contributed by atoms with Gasteiger partial charge in [-0.1, -0.05) is 56.2 Å². The number of nitrogens with zero attached hydrogens (tertiary/aromatic N) is 5. The van der Waals surface area contributed by atoms with E-state index in [2.05, 4.69) is 24.5 Å². The Morgan fingerprint density at radius 3 is 2.21 bits per heavy atom. The van der Waals surface area contributed by atoms with E-state index in [-0.39, 0.29) is 59.6 Å². The number of likely N-dealkylation sites (tertiary alicyclic amines) is 1. The van der Waals surface area contributed by atoms with Crippen molar-refractivity contribution in [3.05, 3.63) is 87.2 Å². The molecule has 5 heterocycles. The highest BCUT2D eigenvalue weighted by molar-refractivity contribution is 8.00. The second kappa shape index (κ2) is 35.1. The van der Waals surface area contributed by atoms with E-state index in [9.17, 15) is 43.5 Å². The molecule has 5 aliphatic rings. The summed E-state index contributed by atoms with van der Waals surface area (Å²) in [6.07, 6.45) is 2.49. The molecule has 99 heavy (non-hydrogen) atoms. The van der Waals surface area contributed by atoms with Gasteiger partial charge < -0.3 is 73.3 Å². The number of likely N-dealkylation sites (N-methyl/N-ethyl adjacent to an activating group) is 1. The molecule has 0 radical (unpaired) electrons. The summed E-state index contributed by atoms with van der Waals surface area (Å²) in [5.74, 6) is -2.97. The number of Topliss-reactive ketones (excluding diaryl/α,β-unsaturated/α-hetero) is 1. The number of amides is 6. The Kier molecular flexibility index (Phi) is 27.5. The fourth-order valence-corrected chi connectivity index (χ4v) is 14.2. The quantitative estimate of drug-likeness (QED) is 0.0225. The molecule has 1 aliphatic carbocycles. The third-order valence-electron chi connectivity index (χ3n) is 18.5. The lowest BCUT2D eigenvalue weighted by atomic mass is 9.75. The van der Waals surface area contributed by atoms with Gasteiger partial charge in [-0.05, 0) is 94.7 Å². The molecule has 0 saturated carbocycles. The average molecular weight is 1420 g/mol. The van der Waals surface area contributed by atoms with Crippen LogP contribution in [-0.4, -0.2) is 232 Å². The van der Waals surface area contributed by atoms with Crippen molar-refractivity contribution in [1.82, 2.24) is 24.9 Å². The molecule has 0 spiro atoms. The minimum absolute atomic E-state index is 0.0152. The Labute approximate surface area is 587 Å². The Morgan fingerprint density at radius 2 is 1.57 bits per heavy atom. The third kappa shape index (κ3) is 20.0. The van der Waals surface area contributed by atoms with Gasteiger partial charge in [-0.25, -0.2) is 14.3 Å². The molecule has 3 aromatic rings. The molecule has 9 atom stereocenters. The number of esters is 1. The van der Waals surface area contributed by atoms with Gasteiger partial charge in [0.05, 0.1) is 112 Å². The molecular weight excluding hydrogens is 1320 g/mol. The Hall–Kier alpha value is -6.99.